The molecule has 0 spiro atoms. The van der Waals surface area contributed by atoms with Gasteiger partial charge in [-0.1, -0.05) is 6.92 Å². The Bertz CT molecular complexity index is 600. The van der Waals surface area contributed by atoms with Gasteiger partial charge in [0.2, 0.25) is 0 Å². The van der Waals surface area contributed by atoms with Crippen LogP contribution in [0.25, 0.3) is 0 Å². The zero-order valence-electron chi connectivity index (χ0n) is 11.6. The number of thioether (sulfide) groups is 1. The van der Waals surface area contributed by atoms with Crippen LogP contribution in [0.2, 0.25) is 0 Å². The van der Waals surface area contributed by atoms with Crippen LogP contribution in [-0.2, 0) is 11.8 Å². The summed E-state index contributed by atoms with van der Waals surface area (Å²) in [5.41, 5.74) is -0.0680. The van der Waals surface area contributed by atoms with Crippen molar-refractivity contribution in [2.24, 2.45) is 7.05 Å². The number of nitro groups is 1. The summed E-state index contributed by atoms with van der Waals surface area (Å²) < 4.78 is 1.36. The van der Waals surface area contributed by atoms with Crippen LogP contribution in [0.4, 0.5) is 5.69 Å². The summed E-state index contributed by atoms with van der Waals surface area (Å²) in [5.74, 6) is -1.23. The SMILES string of the molecule is CCC1SCC(C(=O)O)N1C(=O)c1cc([N+](=O)[O-])cn1C. The van der Waals surface area contributed by atoms with Crippen molar-refractivity contribution < 1.29 is 19.6 Å². The van der Waals surface area contributed by atoms with Crippen LogP contribution >= 0.6 is 11.8 Å². The minimum Gasteiger partial charge on any atom is -0.480 e. The Balaban J connectivity index is 2.36. The van der Waals surface area contributed by atoms with Crippen molar-refractivity contribution in [2.45, 2.75) is 24.8 Å². The molecule has 1 aliphatic rings. The number of aryl methyl sites for hydroxylation is 1. The summed E-state index contributed by atoms with van der Waals surface area (Å²) in [6.07, 6.45) is 1.86. The molecule has 0 aliphatic carbocycles. The van der Waals surface area contributed by atoms with Gasteiger partial charge >= 0.3 is 5.97 Å². The number of carbonyl (C=O) groups excluding carboxylic acids is 1. The minimum absolute atomic E-state index is 0.119. The summed E-state index contributed by atoms with van der Waals surface area (Å²) in [6, 6.07) is 0.276. The first kappa shape index (κ1) is 15.4. The average Bonchev–Trinajstić information content (AvgIpc) is 3.01. The Morgan fingerprint density at radius 2 is 2.24 bits per heavy atom. The number of hydrogen-bond acceptors (Lipinski definition) is 5. The molecule has 2 rings (SSSR count). The van der Waals surface area contributed by atoms with E-state index in [4.69, 9.17) is 0 Å². The van der Waals surface area contributed by atoms with Gasteiger partial charge in [0.15, 0.2) is 0 Å². The lowest BCUT2D eigenvalue weighted by molar-refractivity contribution is -0.384. The molecule has 1 amide bonds. The molecule has 114 valence electrons. The van der Waals surface area contributed by atoms with E-state index >= 15 is 0 Å². The molecular formula is C12H15N3O5S. The van der Waals surface area contributed by atoms with Gasteiger partial charge in [-0.25, -0.2) is 4.79 Å². The van der Waals surface area contributed by atoms with Crippen molar-refractivity contribution in [3.05, 3.63) is 28.1 Å². The van der Waals surface area contributed by atoms with Crippen molar-refractivity contribution in [2.75, 3.05) is 5.75 Å². The summed E-state index contributed by atoms with van der Waals surface area (Å²) >= 11 is 1.41. The first-order valence-corrected chi connectivity index (χ1v) is 7.39. The molecule has 1 fully saturated rings. The first-order valence-electron chi connectivity index (χ1n) is 6.34. The first-order chi connectivity index (χ1) is 9.86. The molecule has 1 N–H and O–H groups in total. The third kappa shape index (κ3) is 2.73. The van der Waals surface area contributed by atoms with Gasteiger partial charge in [-0.05, 0) is 6.42 Å². The molecule has 2 heterocycles. The van der Waals surface area contributed by atoms with Crippen LogP contribution in [0.3, 0.4) is 0 Å². The number of aromatic nitrogens is 1. The predicted molar refractivity (Wildman–Crippen MR) is 76.2 cm³/mol. The van der Waals surface area contributed by atoms with Gasteiger partial charge in [0, 0.05) is 18.9 Å². The maximum Gasteiger partial charge on any atom is 0.327 e. The molecule has 0 saturated carbocycles. The van der Waals surface area contributed by atoms with Crippen molar-refractivity contribution in [3.8, 4) is 0 Å². The molecule has 0 bridgehead atoms. The average molecular weight is 313 g/mol. The molecule has 1 aromatic heterocycles. The molecule has 21 heavy (non-hydrogen) atoms. The fourth-order valence-corrected chi connectivity index (χ4v) is 3.68. The normalized spacial score (nSPS) is 21.5. The van der Waals surface area contributed by atoms with E-state index < -0.39 is 22.8 Å². The van der Waals surface area contributed by atoms with Crippen LogP contribution in [0.5, 0.6) is 0 Å². The van der Waals surface area contributed by atoms with Crippen molar-refractivity contribution in [3.63, 3.8) is 0 Å². The third-order valence-corrected chi connectivity index (χ3v) is 4.84. The molecule has 8 nitrogen and oxygen atoms in total. The monoisotopic (exact) mass is 313 g/mol. The van der Waals surface area contributed by atoms with Gasteiger partial charge in [0.05, 0.1) is 16.5 Å². The van der Waals surface area contributed by atoms with Crippen LogP contribution in [0, 0.1) is 10.1 Å². The molecule has 0 aromatic carbocycles. The maximum absolute atomic E-state index is 12.6. The second-order valence-electron chi connectivity index (χ2n) is 4.71. The van der Waals surface area contributed by atoms with Crippen molar-refractivity contribution in [1.29, 1.82) is 0 Å². The highest BCUT2D eigenvalue weighted by atomic mass is 32.2. The van der Waals surface area contributed by atoms with E-state index in [0.717, 1.165) is 0 Å². The Morgan fingerprint density at radius 1 is 1.57 bits per heavy atom. The molecule has 1 aliphatic heterocycles. The zero-order valence-corrected chi connectivity index (χ0v) is 12.4. The number of rotatable bonds is 4. The number of nitrogens with zero attached hydrogens (tertiary/aromatic N) is 3. The maximum atomic E-state index is 12.6. The van der Waals surface area contributed by atoms with E-state index in [2.05, 4.69) is 0 Å². The third-order valence-electron chi connectivity index (χ3n) is 3.38. The summed E-state index contributed by atoms with van der Waals surface area (Å²) in [7, 11) is 1.53. The number of carboxylic acid groups (broad SMARTS) is 1. The zero-order chi connectivity index (χ0) is 15.7. The lowest BCUT2D eigenvalue weighted by Crippen LogP contribution is -2.45. The Labute approximate surface area is 124 Å². The Morgan fingerprint density at radius 3 is 2.71 bits per heavy atom. The Kier molecular flexibility index (Phi) is 4.21. The quantitative estimate of drug-likeness (QED) is 0.663. The van der Waals surface area contributed by atoms with E-state index in [-0.39, 0.29) is 16.8 Å². The standard InChI is InChI=1S/C12H15N3O5S/c1-3-10-14(9(6-21-10)12(17)18)11(16)8-4-7(15(19)20)5-13(8)2/h4-5,9-10H,3,6H2,1-2H3,(H,17,18). The number of carbonyl (C=O) groups is 2. The van der Waals surface area contributed by atoms with Crippen molar-refractivity contribution in [1.82, 2.24) is 9.47 Å². The van der Waals surface area contributed by atoms with Crippen LogP contribution in [0.15, 0.2) is 12.3 Å². The van der Waals surface area contributed by atoms with Crippen LogP contribution < -0.4 is 0 Å². The number of carboxylic acids is 1. The summed E-state index contributed by atoms with van der Waals surface area (Å²) in [4.78, 5) is 35.4. The fourth-order valence-electron chi connectivity index (χ4n) is 2.33. The number of aliphatic carboxylic acids is 1. The minimum atomic E-state index is -1.06. The largest absolute Gasteiger partial charge is 0.480 e. The topological polar surface area (TPSA) is 106 Å². The molecule has 9 heteroatoms. The van der Waals surface area contributed by atoms with E-state index in [0.29, 0.717) is 12.2 Å². The van der Waals surface area contributed by atoms with E-state index in [1.54, 1.807) is 0 Å². The van der Waals surface area contributed by atoms with Crippen LogP contribution in [0.1, 0.15) is 23.8 Å². The molecular weight excluding hydrogens is 298 g/mol. The lowest BCUT2D eigenvalue weighted by Gasteiger charge is -2.26. The van der Waals surface area contributed by atoms with E-state index in [1.807, 2.05) is 6.92 Å². The molecule has 1 saturated heterocycles. The van der Waals surface area contributed by atoms with E-state index in [9.17, 15) is 24.8 Å². The number of amides is 1. The van der Waals surface area contributed by atoms with Gasteiger partial charge in [-0.3, -0.25) is 14.9 Å². The lowest BCUT2D eigenvalue weighted by atomic mass is 10.2. The van der Waals surface area contributed by atoms with E-state index in [1.165, 1.54) is 40.5 Å². The van der Waals surface area contributed by atoms with Gasteiger partial charge in [-0.15, -0.1) is 11.8 Å². The number of hydrogen-bond donors (Lipinski definition) is 1. The van der Waals surface area contributed by atoms with Gasteiger partial charge in [-0.2, -0.15) is 0 Å². The molecule has 2 unspecified atom stereocenters. The summed E-state index contributed by atoms with van der Waals surface area (Å²) in [5, 5.41) is 19.8. The Hall–Kier alpha value is -2.03. The second-order valence-corrected chi connectivity index (χ2v) is 5.93. The molecule has 1 aromatic rings. The van der Waals surface area contributed by atoms with Gasteiger partial charge < -0.3 is 14.6 Å². The fraction of sp³-hybridized carbons (Fsp3) is 0.500. The van der Waals surface area contributed by atoms with Gasteiger partial charge in [0.1, 0.15) is 11.7 Å². The smallest absolute Gasteiger partial charge is 0.327 e. The van der Waals surface area contributed by atoms with Crippen molar-refractivity contribution >= 4 is 29.3 Å². The highest BCUT2D eigenvalue weighted by Gasteiger charge is 2.42. The highest BCUT2D eigenvalue weighted by molar-refractivity contribution is 8.00. The summed E-state index contributed by atoms with van der Waals surface area (Å²) in [6.45, 7) is 1.87. The van der Waals surface area contributed by atoms with Gasteiger partial charge in [0.25, 0.3) is 11.6 Å². The second kappa shape index (κ2) is 5.76. The molecule has 0 radical (unpaired) electrons. The molecule has 2 atom stereocenters. The predicted octanol–water partition coefficient (Wildman–Crippen LogP) is 1.31. The highest BCUT2D eigenvalue weighted by Crippen LogP contribution is 2.33. The van der Waals surface area contributed by atoms with Crippen LogP contribution in [-0.4, -0.2) is 48.5 Å².